The second-order valence-electron chi connectivity index (χ2n) is 5.72. The number of carbonyl (C=O) groups excluding carboxylic acids is 1. The van der Waals surface area contributed by atoms with Gasteiger partial charge in [-0.15, -0.1) is 0 Å². The number of hydrogen-bond acceptors (Lipinski definition) is 5. The molecular weight excluding hydrogens is 272 g/mol. The fourth-order valence-corrected chi connectivity index (χ4v) is 2.68. The molecule has 2 atom stereocenters. The number of nitrogens with one attached hydrogen (secondary N) is 1. The Bertz CT molecular complexity index is 433. The summed E-state index contributed by atoms with van der Waals surface area (Å²) in [6.07, 6.45) is 0.974. The summed E-state index contributed by atoms with van der Waals surface area (Å²) in [4.78, 5) is 14.0. The van der Waals surface area contributed by atoms with Gasteiger partial charge in [0.1, 0.15) is 12.4 Å². The first-order valence-corrected chi connectivity index (χ1v) is 7.38. The van der Waals surface area contributed by atoms with E-state index >= 15 is 0 Å². The molecule has 0 aromatic carbocycles. The molecule has 1 fully saturated rings. The molecular formula is C15H24N2O4. The standard InChI is InChI=1S/C15H24N2O4/c1-11(2)14-15(19)16-5-6-17(14)8-12(18)9-20-10-13-4-3-7-21-13/h3-4,7,11-12,14,18H,5-6,8-10H2,1-2H3,(H,16,19). The van der Waals surface area contributed by atoms with Crippen LogP contribution in [-0.4, -0.2) is 54.3 Å². The molecule has 0 radical (unpaired) electrons. The minimum absolute atomic E-state index is 0.0416. The number of rotatable bonds is 7. The number of aliphatic hydroxyl groups is 1. The molecule has 6 heteroatoms. The normalized spacial score (nSPS) is 21.5. The van der Waals surface area contributed by atoms with Gasteiger partial charge in [-0.3, -0.25) is 9.69 Å². The maximum absolute atomic E-state index is 11.9. The Hall–Kier alpha value is -1.37. The van der Waals surface area contributed by atoms with E-state index in [1.807, 2.05) is 24.8 Å². The number of carbonyl (C=O) groups is 1. The lowest BCUT2D eigenvalue weighted by Crippen LogP contribution is -2.59. The van der Waals surface area contributed by atoms with Crippen molar-refractivity contribution >= 4 is 5.91 Å². The van der Waals surface area contributed by atoms with E-state index in [1.165, 1.54) is 0 Å². The van der Waals surface area contributed by atoms with Gasteiger partial charge < -0.3 is 19.6 Å². The van der Waals surface area contributed by atoms with Crippen molar-refractivity contribution in [2.75, 3.05) is 26.2 Å². The molecule has 6 nitrogen and oxygen atoms in total. The lowest BCUT2D eigenvalue weighted by atomic mass is 9.99. The SMILES string of the molecule is CC(C)C1C(=O)NCCN1CC(O)COCc1ccco1. The Morgan fingerprint density at radius 3 is 3.05 bits per heavy atom. The molecule has 118 valence electrons. The van der Waals surface area contributed by atoms with Crippen LogP contribution in [0.1, 0.15) is 19.6 Å². The van der Waals surface area contributed by atoms with Crippen LogP contribution in [0.25, 0.3) is 0 Å². The van der Waals surface area contributed by atoms with Gasteiger partial charge in [0.25, 0.3) is 0 Å². The predicted molar refractivity (Wildman–Crippen MR) is 77.6 cm³/mol. The number of ether oxygens (including phenoxy) is 1. The van der Waals surface area contributed by atoms with Gasteiger partial charge in [0.15, 0.2) is 0 Å². The van der Waals surface area contributed by atoms with E-state index in [0.29, 0.717) is 19.7 Å². The van der Waals surface area contributed by atoms with Gasteiger partial charge in [0.2, 0.25) is 5.91 Å². The van der Waals surface area contributed by atoms with Crippen LogP contribution in [0.2, 0.25) is 0 Å². The Balaban J connectivity index is 1.77. The highest BCUT2D eigenvalue weighted by Gasteiger charge is 2.32. The zero-order valence-corrected chi connectivity index (χ0v) is 12.6. The van der Waals surface area contributed by atoms with Gasteiger partial charge in [-0.05, 0) is 18.1 Å². The van der Waals surface area contributed by atoms with Crippen LogP contribution >= 0.6 is 0 Å². The van der Waals surface area contributed by atoms with Crippen molar-refractivity contribution in [3.8, 4) is 0 Å². The highest BCUT2D eigenvalue weighted by atomic mass is 16.5. The van der Waals surface area contributed by atoms with Crippen molar-refractivity contribution in [1.82, 2.24) is 10.2 Å². The van der Waals surface area contributed by atoms with E-state index in [0.717, 1.165) is 12.3 Å². The van der Waals surface area contributed by atoms with Crippen LogP contribution in [0.5, 0.6) is 0 Å². The summed E-state index contributed by atoms with van der Waals surface area (Å²) in [5.74, 6) is 0.987. The highest BCUT2D eigenvalue weighted by molar-refractivity contribution is 5.82. The Morgan fingerprint density at radius 1 is 1.57 bits per heavy atom. The van der Waals surface area contributed by atoms with E-state index in [9.17, 15) is 9.90 Å². The van der Waals surface area contributed by atoms with Gasteiger partial charge in [-0.25, -0.2) is 0 Å². The zero-order valence-electron chi connectivity index (χ0n) is 12.6. The molecule has 2 unspecified atom stereocenters. The van der Waals surface area contributed by atoms with E-state index < -0.39 is 6.10 Å². The van der Waals surface area contributed by atoms with Gasteiger partial charge in [-0.2, -0.15) is 0 Å². The average molecular weight is 296 g/mol. The molecule has 1 aliphatic rings. The number of aliphatic hydroxyl groups excluding tert-OH is 1. The summed E-state index contributed by atoms with van der Waals surface area (Å²) in [6.45, 7) is 6.42. The molecule has 0 spiro atoms. The Labute approximate surface area is 125 Å². The molecule has 1 aromatic rings. The topological polar surface area (TPSA) is 74.9 Å². The minimum atomic E-state index is -0.618. The van der Waals surface area contributed by atoms with Crippen LogP contribution in [0, 0.1) is 5.92 Å². The summed E-state index contributed by atoms with van der Waals surface area (Å²) in [7, 11) is 0. The second-order valence-corrected chi connectivity index (χ2v) is 5.72. The average Bonchev–Trinajstić information content (AvgIpc) is 2.91. The lowest BCUT2D eigenvalue weighted by molar-refractivity contribution is -0.132. The van der Waals surface area contributed by atoms with Crippen LogP contribution < -0.4 is 5.32 Å². The number of β-amino-alcohol motifs (C(OH)–C–C–N with tert-alkyl or cyclic N) is 1. The molecule has 1 aromatic heterocycles. The predicted octanol–water partition coefficient (Wildman–Crippen LogP) is 0.614. The minimum Gasteiger partial charge on any atom is -0.467 e. The zero-order chi connectivity index (χ0) is 15.2. The first-order valence-electron chi connectivity index (χ1n) is 7.38. The molecule has 0 aliphatic carbocycles. The Morgan fingerprint density at radius 2 is 2.38 bits per heavy atom. The number of hydrogen-bond donors (Lipinski definition) is 2. The summed E-state index contributed by atoms with van der Waals surface area (Å²) in [6, 6.07) is 3.45. The van der Waals surface area contributed by atoms with Crippen molar-refractivity contribution in [3.63, 3.8) is 0 Å². The van der Waals surface area contributed by atoms with Gasteiger partial charge >= 0.3 is 0 Å². The summed E-state index contributed by atoms with van der Waals surface area (Å²) in [5, 5.41) is 13.0. The smallest absolute Gasteiger partial charge is 0.237 e. The van der Waals surface area contributed by atoms with Crippen molar-refractivity contribution < 1.29 is 19.1 Å². The fourth-order valence-electron chi connectivity index (χ4n) is 2.68. The van der Waals surface area contributed by atoms with E-state index in [2.05, 4.69) is 5.32 Å². The van der Waals surface area contributed by atoms with Crippen molar-refractivity contribution in [2.45, 2.75) is 32.6 Å². The van der Waals surface area contributed by atoms with Crippen LogP contribution in [0.4, 0.5) is 0 Å². The van der Waals surface area contributed by atoms with Gasteiger partial charge in [-0.1, -0.05) is 13.8 Å². The van der Waals surface area contributed by atoms with E-state index in [-0.39, 0.29) is 24.5 Å². The third kappa shape index (κ3) is 4.56. The van der Waals surface area contributed by atoms with Crippen LogP contribution in [0.3, 0.4) is 0 Å². The molecule has 1 saturated heterocycles. The number of piperazine rings is 1. The molecule has 1 aliphatic heterocycles. The van der Waals surface area contributed by atoms with E-state index in [1.54, 1.807) is 12.3 Å². The second kappa shape index (κ2) is 7.59. The maximum atomic E-state index is 11.9. The molecule has 2 rings (SSSR count). The van der Waals surface area contributed by atoms with Crippen molar-refractivity contribution in [1.29, 1.82) is 0 Å². The fraction of sp³-hybridized carbons (Fsp3) is 0.667. The molecule has 0 bridgehead atoms. The molecule has 2 heterocycles. The molecule has 1 amide bonds. The number of furan rings is 1. The number of nitrogens with zero attached hydrogens (tertiary/aromatic N) is 1. The van der Waals surface area contributed by atoms with Crippen LogP contribution in [0.15, 0.2) is 22.8 Å². The lowest BCUT2D eigenvalue weighted by Gasteiger charge is -2.38. The van der Waals surface area contributed by atoms with Gasteiger partial charge in [0, 0.05) is 19.6 Å². The number of amides is 1. The first kappa shape index (κ1) is 16.0. The van der Waals surface area contributed by atoms with Crippen molar-refractivity contribution in [3.05, 3.63) is 24.2 Å². The molecule has 21 heavy (non-hydrogen) atoms. The van der Waals surface area contributed by atoms with Crippen LogP contribution in [-0.2, 0) is 16.1 Å². The summed E-state index contributed by atoms with van der Waals surface area (Å²) in [5.41, 5.74) is 0. The molecule has 0 saturated carbocycles. The third-order valence-electron chi connectivity index (χ3n) is 3.57. The van der Waals surface area contributed by atoms with Gasteiger partial charge in [0.05, 0.1) is 25.0 Å². The molecule has 2 N–H and O–H groups in total. The van der Waals surface area contributed by atoms with E-state index in [4.69, 9.17) is 9.15 Å². The highest BCUT2D eigenvalue weighted by Crippen LogP contribution is 2.14. The Kier molecular flexibility index (Phi) is 5.78. The summed E-state index contributed by atoms with van der Waals surface area (Å²) < 4.78 is 10.6. The maximum Gasteiger partial charge on any atom is 0.237 e. The first-order chi connectivity index (χ1) is 10.1. The van der Waals surface area contributed by atoms with Crippen molar-refractivity contribution in [2.24, 2.45) is 5.92 Å². The largest absolute Gasteiger partial charge is 0.467 e. The third-order valence-corrected chi connectivity index (χ3v) is 3.57. The summed E-state index contributed by atoms with van der Waals surface area (Å²) >= 11 is 0. The monoisotopic (exact) mass is 296 g/mol. The quantitative estimate of drug-likeness (QED) is 0.771.